The van der Waals surface area contributed by atoms with E-state index < -0.39 is 11.7 Å². The maximum Gasteiger partial charge on any atom is 0.407 e. The summed E-state index contributed by atoms with van der Waals surface area (Å²) < 4.78 is 0. The molecule has 6 heteroatoms. The van der Waals surface area contributed by atoms with Crippen molar-refractivity contribution < 1.29 is 15.0 Å². The van der Waals surface area contributed by atoms with Crippen LogP contribution >= 0.6 is 0 Å². The number of amides is 1. The minimum absolute atomic E-state index is 0.0121. The van der Waals surface area contributed by atoms with E-state index in [0.717, 1.165) is 39.0 Å². The molecule has 2 fully saturated rings. The van der Waals surface area contributed by atoms with Crippen molar-refractivity contribution in [1.82, 2.24) is 14.7 Å². The van der Waals surface area contributed by atoms with E-state index in [2.05, 4.69) is 41.0 Å². The number of piperazine rings is 1. The molecule has 2 aliphatic heterocycles. The Kier molecular flexibility index (Phi) is 6.08. The van der Waals surface area contributed by atoms with Crippen LogP contribution in [0.4, 0.5) is 4.79 Å². The van der Waals surface area contributed by atoms with Crippen LogP contribution in [0.3, 0.4) is 0 Å². The van der Waals surface area contributed by atoms with E-state index in [4.69, 9.17) is 0 Å². The molecular weight excluding hydrogens is 342 g/mol. The summed E-state index contributed by atoms with van der Waals surface area (Å²) in [5.41, 5.74) is 0.668. The molecule has 27 heavy (non-hydrogen) atoms. The van der Waals surface area contributed by atoms with Crippen LogP contribution in [-0.2, 0) is 6.54 Å². The fourth-order valence-electron chi connectivity index (χ4n) is 4.58. The van der Waals surface area contributed by atoms with Gasteiger partial charge in [-0.05, 0) is 39.2 Å². The molecule has 150 valence electrons. The third-order valence-electron chi connectivity index (χ3n) is 6.17. The number of aliphatic hydroxyl groups is 1. The number of hydrogen-bond acceptors (Lipinski definition) is 4. The standard InChI is InChI=1S/C21H33N3O3/c1-16-11-21(3,27)9-10-22(16)14-19-15-24(20(25)26)17(2)12-23(19)13-18-7-5-4-6-8-18/h4-8,16-17,19,27H,9-15H2,1-3H3,(H,25,26)/t16-,17-,19+,21?/m1/s1. The van der Waals surface area contributed by atoms with Crippen molar-refractivity contribution in [3.8, 4) is 0 Å². The van der Waals surface area contributed by atoms with Crippen molar-refractivity contribution >= 4 is 6.09 Å². The summed E-state index contributed by atoms with van der Waals surface area (Å²) in [4.78, 5) is 18.1. The predicted molar refractivity (Wildman–Crippen MR) is 106 cm³/mol. The molecule has 0 spiro atoms. The molecule has 4 atom stereocenters. The fourth-order valence-corrected chi connectivity index (χ4v) is 4.58. The molecule has 2 heterocycles. The first-order chi connectivity index (χ1) is 12.7. The van der Waals surface area contributed by atoms with Gasteiger partial charge in [0.15, 0.2) is 0 Å². The lowest BCUT2D eigenvalue weighted by atomic mass is 9.88. The zero-order valence-electron chi connectivity index (χ0n) is 16.7. The summed E-state index contributed by atoms with van der Waals surface area (Å²) in [7, 11) is 0. The Labute approximate surface area is 162 Å². The molecule has 2 saturated heterocycles. The average Bonchev–Trinajstić information content (AvgIpc) is 2.59. The number of carbonyl (C=O) groups is 1. The maximum absolute atomic E-state index is 11.7. The monoisotopic (exact) mass is 375 g/mol. The van der Waals surface area contributed by atoms with Gasteiger partial charge in [-0.15, -0.1) is 0 Å². The van der Waals surface area contributed by atoms with E-state index >= 15 is 0 Å². The molecular formula is C21H33N3O3. The van der Waals surface area contributed by atoms with Crippen LogP contribution < -0.4 is 0 Å². The van der Waals surface area contributed by atoms with Crippen molar-refractivity contribution in [2.75, 3.05) is 26.2 Å². The number of benzene rings is 1. The van der Waals surface area contributed by atoms with Gasteiger partial charge in [-0.25, -0.2) is 4.79 Å². The number of nitrogens with zero attached hydrogens (tertiary/aromatic N) is 3. The molecule has 6 nitrogen and oxygen atoms in total. The first kappa shape index (κ1) is 20.1. The number of likely N-dealkylation sites (tertiary alicyclic amines) is 1. The van der Waals surface area contributed by atoms with E-state index in [1.807, 2.05) is 19.9 Å². The molecule has 2 N–H and O–H groups in total. The van der Waals surface area contributed by atoms with Crippen LogP contribution in [0.15, 0.2) is 30.3 Å². The number of piperidine rings is 1. The molecule has 1 unspecified atom stereocenters. The van der Waals surface area contributed by atoms with Crippen molar-refractivity contribution in [1.29, 1.82) is 0 Å². The highest BCUT2D eigenvalue weighted by Gasteiger charge is 2.38. The molecule has 2 aliphatic rings. The Morgan fingerprint density at radius 2 is 1.85 bits per heavy atom. The van der Waals surface area contributed by atoms with Crippen LogP contribution in [0.5, 0.6) is 0 Å². The van der Waals surface area contributed by atoms with Crippen LogP contribution in [0.1, 0.15) is 39.2 Å². The van der Waals surface area contributed by atoms with Crippen LogP contribution in [0.25, 0.3) is 0 Å². The smallest absolute Gasteiger partial charge is 0.407 e. The lowest BCUT2D eigenvalue weighted by Gasteiger charge is -2.48. The Balaban J connectivity index is 1.73. The minimum Gasteiger partial charge on any atom is -0.465 e. The second-order valence-electron chi connectivity index (χ2n) is 8.65. The number of carboxylic acid groups (broad SMARTS) is 1. The van der Waals surface area contributed by atoms with E-state index in [9.17, 15) is 15.0 Å². The van der Waals surface area contributed by atoms with E-state index in [1.165, 1.54) is 5.56 Å². The molecule has 1 aromatic rings. The number of hydrogen-bond donors (Lipinski definition) is 2. The quantitative estimate of drug-likeness (QED) is 0.846. The summed E-state index contributed by atoms with van der Waals surface area (Å²) in [5.74, 6) is 0. The van der Waals surface area contributed by atoms with Gasteiger partial charge in [0, 0.05) is 50.8 Å². The van der Waals surface area contributed by atoms with Gasteiger partial charge >= 0.3 is 6.09 Å². The van der Waals surface area contributed by atoms with Gasteiger partial charge in [0.25, 0.3) is 0 Å². The summed E-state index contributed by atoms with van der Waals surface area (Å²) in [6.07, 6.45) is 0.695. The summed E-state index contributed by atoms with van der Waals surface area (Å²) in [5, 5.41) is 19.9. The minimum atomic E-state index is -0.832. The van der Waals surface area contributed by atoms with Gasteiger partial charge < -0.3 is 15.1 Å². The SMILES string of the molecule is C[C@@H]1CC(C)(O)CCN1C[C@H]1CN(C(=O)O)[C@H](C)CN1Cc1ccccc1. The van der Waals surface area contributed by atoms with Gasteiger partial charge in [0.2, 0.25) is 0 Å². The van der Waals surface area contributed by atoms with Crippen LogP contribution in [-0.4, -0.2) is 80.9 Å². The highest BCUT2D eigenvalue weighted by atomic mass is 16.4. The Morgan fingerprint density at radius 1 is 1.15 bits per heavy atom. The molecule has 1 amide bonds. The first-order valence-electron chi connectivity index (χ1n) is 9.99. The van der Waals surface area contributed by atoms with Crippen LogP contribution in [0, 0.1) is 0 Å². The summed E-state index contributed by atoms with van der Waals surface area (Å²) in [6, 6.07) is 10.8. The van der Waals surface area contributed by atoms with Gasteiger partial charge in [0.1, 0.15) is 0 Å². The van der Waals surface area contributed by atoms with Crippen LogP contribution in [0.2, 0.25) is 0 Å². The average molecular weight is 376 g/mol. The summed E-state index contributed by atoms with van der Waals surface area (Å²) in [6.45, 7) is 9.86. The predicted octanol–water partition coefficient (Wildman–Crippen LogP) is 2.47. The lowest BCUT2D eigenvalue weighted by Crippen LogP contribution is -2.62. The normalized spacial score (nSPS) is 33.2. The van der Waals surface area contributed by atoms with E-state index in [1.54, 1.807) is 4.90 Å². The zero-order valence-corrected chi connectivity index (χ0v) is 16.7. The molecule has 0 aromatic heterocycles. The molecule has 3 rings (SSSR count). The van der Waals surface area contributed by atoms with E-state index in [0.29, 0.717) is 12.6 Å². The molecule has 0 radical (unpaired) electrons. The second kappa shape index (κ2) is 8.17. The number of rotatable bonds is 4. The van der Waals surface area contributed by atoms with Crippen molar-refractivity contribution in [2.24, 2.45) is 0 Å². The largest absolute Gasteiger partial charge is 0.465 e. The molecule has 1 aromatic carbocycles. The summed E-state index contributed by atoms with van der Waals surface area (Å²) >= 11 is 0. The lowest BCUT2D eigenvalue weighted by molar-refractivity contribution is -0.0455. The van der Waals surface area contributed by atoms with Crippen molar-refractivity contribution in [3.05, 3.63) is 35.9 Å². The third-order valence-corrected chi connectivity index (χ3v) is 6.17. The fraction of sp³-hybridized carbons (Fsp3) is 0.667. The topological polar surface area (TPSA) is 67.2 Å². The Morgan fingerprint density at radius 3 is 2.48 bits per heavy atom. The second-order valence-corrected chi connectivity index (χ2v) is 8.65. The zero-order chi connectivity index (χ0) is 19.6. The van der Waals surface area contributed by atoms with Gasteiger partial charge in [-0.2, -0.15) is 0 Å². The Bertz CT molecular complexity index is 637. The van der Waals surface area contributed by atoms with E-state index in [-0.39, 0.29) is 12.1 Å². The highest BCUT2D eigenvalue weighted by molar-refractivity contribution is 5.65. The van der Waals surface area contributed by atoms with Gasteiger partial charge in [-0.3, -0.25) is 9.80 Å². The maximum atomic E-state index is 11.7. The third kappa shape index (κ3) is 5.00. The van der Waals surface area contributed by atoms with Crippen molar-refractivity contribution in [3.63, 3.8) is 0 Å². The van der Waals surface area contributed by atoms with Gasteiger partial charge in [0.05, 0.1) is 5.60 Å². The Hall–Kier alpha value is -1.63. The van der Waals surface area contributed by atoms with Crippen molar-refractivity contribution in [2.45, 2.75) is 63.9 Å². The molecule has 0 saturated carbocycles. The van der Waals surface area contributed by atoms with Gasteiger partial charge in [-0.1, -0.05) is 30.3 Å². The molecule has 0 bridgehead atoms. The first-order valence-corrected chi connectivity index (χ1v) is 9.99. The molecule has 0 aliphatic carbocycles. The highest BCUT2D eigenvalue weighted by Crippen LogP contribution is 2.28.